The fraction of sp³-hybridized carbons (Fsp3) is 0.0769. The van der Waals surface area contributed by atoms with E-state index in [9.17, 15) is 19.7 Å². The van der Waals surface area contributed by atoms with E-state index >= 15 is 0 Å². The molecule has 0 radical (unpaired) electrons. The number of imidazole rings is 1. The van der Waals surface area contributed by atoms with Crippen LogP contribution >= 0.6 is 0 Å². The Bertz CT molecular complexity index is 1430. The molecule has 6 nitrogen and oxygen atoms in total. The first-order valence-corrected chi connectivity index (χ1v) is 10.4. The van der Waals surface area contributed by atoms with Gasteiger partial charge in [-0.25, -0.2) is 14.4 Å². The quantitative estimate of drug-likeness (QED) is 0.363. The van der Waals surface area contributed by atoms with Crippen LogP contribution < -0.4 is 0 Å². The molecule has 2 heterocycles. The molecule has 0 saturated carbocycles. The summed E-state index contributed by atoms with van der Waals surface area (Å²) < 4.78 is 15.0. The van der Waals surface area contributed by atoms with Gasteiger partial charge in [0.05, 0.1) is 11.4 Å². The summed E-state index contributed by atoms with van der Waals surface area (Å²) in [7, 11) is 0. The highest BCUT2D eigenvalue weighted by Crippen LogP contribution is 2.29. The molecule has 0 aliphatic carbocycles. The first kappa shape index (κ1) is 20.5. The maximum Gasteiger partial charge on any atom is 0.219 e. The molecule has 0 saturated heterocycles. The second kappa shape index (κ2) is 8.27. The Balaban J connectivity index is 1.63. The van der Waals surface area contributed by atoms with Crippen LogP contribution in [-0.2, 0) is 12.8 Å². The summed E-state index contributed by atoms with van der Waals surface area (Å²) >= 11 is 0. The Morgan fingerprint density at radius 3 is 1.85 bits per heavy atom. The minimum absolute atomic E-state index is 0.000796. The molecule has 0 amide bonds. The van der Waals surface area contributed by atoms with Crippen molar-refractivity contribution in [3.63, 3.8) is 0 Å². The molecule has 0 bridgehead atoms. The van der Waals surface area contributed by atoms with Gasteiger partial charge in [0.15, 0.2) is 5.65 Å². The van der Waals surface area contributed by atoms with E-state index in [1.54, 1.807) is 71.3 Å². The van der Waals surface area contributed by atoms with Crippen LogP contribution in [0.5, 0.6) is 17.4 Å². The maximum absolute atomic E-state index is 13.4. The number of phenolic OH excluding ortho intramolecular Hbond substituents is 2. The van der Waals surface area contributed by atoms with E-state index in [0.29, 0.717) is 35.6 Å². The van der Waals surface area contributed by atoms with Crippen molar-refractivity contribution in [3.05, 3.63) is 107 Å². The maximum atomic E-state index is 13.4. The van der Waals surface area contributed by atoms with Crippen molar-refractivity contribution in [2.24, 2.45) is 0 Å². The highest BCUT2D eigenvalue weighted by atomic mass is 19.1. The number of aromatic hydroxyl groups is 3. The van der Waals surface area contributed by atoms with E-state index in [1.165, 1.54) is 12.1 Å². The fourth-order valence-electron chi connectivity index (χ4n) is 3.75. The Kier molecular flexibility index (Phi) is 5.14. The van der Waals surface area contributed by atoms with E-state index in [2.05, 4.69) is 4.98 Å². The molecular weight excluding hydrogens is 421 g/mol. The molecule has 0 aliphatic rings. The normalized spacial score (nSPS) is 11.2. The van der Waals surface area contributed by atoms with E-state index in [-0.39, 0.29) is 23.2 Å². The predicted octanol–water partition coefficient (Wildman–Crippen LogP) is 4.83. The third-order valence-corrected chi connectivity index (χ3v) is 5.48. The molecular formula is C26H20FN3O3. The minimum Gasteiger partial charge on any atom is -0.508 e. The molecule has 33 heavy (non-hydrogen) atoms. The average Bonchev–Trinajstić information content (AvgIpc) is 3.13. The number of aromatic nitrogens is 3. The topological polar surface area (TPSA) is 90.9 Å². The molecule has 7 heteroatoms. The summed E-state index contributed by atoms with van der Waals surface area (Å²) in [6.07, 6.45) is 2.47. The number of phenols is 2. The molecule has 2 aromatic heterocycles. The largest absolute Gasteiger partial charge is 0.508 e. The number of hydrogen-bond donors (Lipinski definition) is 3. The van der Waals surface area contributed by atoms with Gasteiger partial charge >= 0.3 is 0 Å². The van der Waals surface area contributed by atoms with Gasteiger partial charge in [-0.15, -0.1) is 0 Å². The van der Waals surface area contributed by atoms with Crippen LogP contribution in [0.2, 0.25) is 0 Å². The second-order valence-electron chi connectivity index (χ2n) is 7.84. The van der Waals surface area contributed by atoms with Gasteiger partial charge in [-0.05, 0) is 59.7 Å². The van der Waals surface area contributed by atoms with E-state index < -0.39 is 0 Å². The minimum atomic E-state index is -0.315. The number of benzene rings is 3. The van der Waals surface area contributed by atoms with Crippen molar-refractivity contribution in [2.75, 3.05) is 0 Å². The van der Waals surface area contributed by atoms with Crippen molar-refractivity contribution < 1.29 is 19.7 Å². The van der Waals surface area contributed by atoms with Crippen molar-refractivity contribution >= 4 is 5.65 Å². The van der Waals surface area contributed by atoms with Gasteiger partial charge in [-0.2, -0.15) is 0 Å². The smallest absolute Gasteiger partial charge is 0.219 e. The van der Waals surface area contributed by atoms with Crippen LogP contribution in [0.4, 0.5) is 4.39 Å². The third-order valence-electron chi connectivity index (χ3n) is 5.48. The van der Waals surface area contributed by atoms with Gasteiger partial charge < -0.3 is 15.3 Å². The standard InChI is InChI=1S/C26H20FN3O3/c27-19-7-1-16(2-8-19)13-22-25-29-23(14-17-3-9-20(31)10-4-17)26(33)30(25)15-24(28-22)18-5-11-21(32)12-6-18/h1-12,15,31-33H,13-14H2. The van der Waals surface area contributed by atoms with Gasteiger partial charge in [0.1, 0.15) is 23.0 Å². The monoisotopic (exact) mass is 441 g/mol. The van der Waals surface area contributed by atoms with Crippen LogP contribution in [0.25, 0.3) is 16.9 Å². The van der Waals surface area contributed by atoms with Gasteiger partial charge in [0, 0.05) is 24.6 Å². The van der Waals surface area contributed by atoms with Crippen molar-refractivity contribution in [1.82, 2.24) is 14.4 Å². The van der Waals surface area contributed by atoms with Crippen LogP contribution in [-0.4, -0.2) is 29.7 Å². The molecule has 0 unspecified atom stereocenters. The number of fused-ring (bicyclic) bond motifs is 1. The van der Waals surface area contributed by atoms with Gasteiger partial charge in [0.25, 0.3) is 0 Å². The molecule has 3 aromatic carbocycles. The summed E-state index contributed by atoms with van der Waals surface area (Å²) in [5.41, 5.74) is 4.72. The Morgan fingerprint density at radius 2 is 1.21 bits per heavy atom. The SMILES string of the molecule is Oc1ccc(Cc2nc3c(Cc4ccc(F)cc4)nc(-c4ccc(O)cc4)cn3c2O)cc1. The van der Waals surface area contributed by atoms with Crippen LogP contribution in [0.3, 0.4) is 0 Å². The van der Waals surface area contributed by atoms with Crippen LogP contribution in [0.15, 0.2) is 79.0 Å². The molecule has 0 atom stereocenters. The average molecular weight is 441 g/mol. The second-order valence-corrected chi connectivity index (χ2v) is 7.84. The van der Waals surface area contributed by atoms with E-state index in [1.807, 2.05) is 0 Å². The summed E-state index contributed by atoms with van der Waals surface area (Å²) in [6.45, 7) is 0. The lowest BCUT2D eigenvalue weighted by Gasteiger charge is -2.09. The van der Waals surface area contributed by atoms with E-state index in [4.69, 9.17) is 4.98 Å². The molecule has 5 aromatic rings. The molecule has 164 valence electrons. The van der Waals surface area contributed by atoms with Crippen molar-refractivity contribution in [2.45, 2.75) is 12.8 Å². The molecule has 0 spiro atoms. The zero-order valence-electron chi connectivity index (χ0n) is 17.5. The van der Waals surface area contributed by atoms with Gasteiger partial charge in [-0.1, -0.05) is 24.3 Å². The zero-order valence-corrected chi connectivity index (χ0v) is 17.5. The first-order chi connectivity index (χ1) is 16.0. The summed E-state index contributed by atoms with van der Waals surface area (Å²) in [5, 5.41) is 30.1. The van der Waals surface area contributed by atoms with Crippen LogP contribution in [0, 0.1) is 5.82 Å². The lowest BCUT2D eigenvalue weighted by molar-refractivity contribution is 0.442. The van der Waals surface area contributed by atoms with E-state index in [0.717, 1.165) is 16.7 Å². The van der Waals surface area contributed by atoms with Gasteiger partial charge in [-0.3, -0.25) is 4.40 Å². The molecule has 0 aliphatic heterocycles. The molecule has 0 fully saturated rings. The lowest BCUT2D eigenvalue weighted by Crippen LogP contribution is -2.01. The van der Waals surface area contributed by atoms with Crippen molar-refractivity contribution in [1.29, 1.82) is 0 Å². The summed E-state index contributed by atoms with van der Waals surface area (Å²) in [6, 6.07) is 19.6. The highest BCUT2D eigenvalue weighted by molar-refractivity contribution is 5.64. The summed E-state index contributed by atoms with van der Waals surface area (Å²) in [5.74, 6) is 0.000483. The Morgan fingerprint density at radius 1 is 0.667 bits per heavy atom. The number of nitrogens with zero attached hydrogens (tertiary/aromatic N) is 3. The Hall–Kier alpha value is -4.39. The zero-order chi connectivity index (χ0) is 22.9. The third kappa shape index (κ3) is 4.21. The first-order valence-electron chi connectivity index (χ1n) is 10.4. The predicted molar refractivity (Wildman–Crippen MR) is 122 cm³/mol. The van der Waals surface area contributed by atoms with Crippen LogP contribution in [0.1, 0.15) is 22.5 Å². The lowest BCUT2D eigenvalue weighted by atomic mass is 10.1. The number of hydrogen-bond acceptors (Lipinski definition) is 5. The van der Waals surface area contributed by atoms with Crippen molar-refractivity contribution in [3.8, 4) is 28.6 Å². The Labute approximate surface area is 188 Å². The summed E-state index contributed by atoms with van der Waals surface area (Å²) in [4.78, 5) is 9.46. The number of halogens is 1. The fourth-order valence-corrected chi connectivity index (χ4v) is 3.75. The van der Waals surface area contributed by atoms with Gasteiger partial charge in [0.2, 0.25) is 5.88 Å². The molecule has 5 rings (SSSR count). The number of rotatable bonds is 5. The highest BCUT2D eigenvalue weighted by Gasteiger charge is 2.18. The molecule has 3 N–H and O–H groups in total.